The number of nitrogens with zero attached hydrogens (tertiary/aromatic N) is 4. The van der Waals surface area contributed by atoms with Crippen LogP contribution < -0.4 is 0 Å². The molecule has 0 radical (unpaired) electrons. The van der Waals surface area contributed by atoms with Crippen LogP contribution in [0.2, 0.25) is 0 Å². The van der Waals surface area contributed by atoms with Crippen LogP contribution in [0.1, 0.15) is 0 Å². The van der Waals surface area contributed by atoms with Gasteiger partial charge in [0.1, 0.15) is 0 Å². The van der Waals surface area contributed by atoms with Crippen LogP contribution >= 0.6 is 0 Å². The van der Waals surface area contributed by atoms with Gasteiger partial charge in [-0.15, -0.1) is 0 Å². The summed E-state index contributed by atoms with van der Waals surface area (Å²) in [4.78, 5) is 4.20. The van der Waals surface area contributed by atoms with Crippen LogP contribution in [0.15, 0.2) is 31.0 Å². The predicted molar refractivity (Wildman–Crippen MR) is 62.2 cm³/mol. The van der Waals surface area contributed by atoms with Crippen molar-refractivity contribution >= 4 is 10.9 Å². The molecule has 0 atom stereocenters. The Balaban J connectivity index is 2.21. The summed E-state index contributed by atoms with van der Waals surface area (Å²) in [6.45, 7) is 0.534. The van der Waals surface area contributed by atoms with E-state index in [0.717, 1.165) is 22.0 Å². The Morgan fingerprint density at radius 1 is 1.24 bits per heavy atom. The lowest BCUT2D eigenvalue weighted by Gasteiger charge is -2.01. The van der Waals surface area contributed by atoms with Gasteiger partial charge in [-0.3, -0.25) is 14.8 Å². The van der Waals surface area contributed by atoms with Crippen LogP contribution in [0.25, 0.3) is 22.0 Å². The monoisotopic (exact) mass is 229 g/mol. The molecule has 0 spiro atoms. The smallest absolute Gasteiger partial charge is 0.0872 e. The first kappa shape index (κ1) is 9.98. The fourth-order valence-electron chi connectivity index (χ4n) is 1.89. The average Bonchev–Trinajstić information content (AvgIpc) is 2.98. The molecule has 0 saturated heterocycles. The van der Waals surface area contributed by atoms with E-state index in [4.69, 9.17) is 5.11 Å². The average molecular weight is 229 g/mol. The van der Waals surface area contributed by atoms with E-state index in [2.05, 4.69) is 20.3 Å². The van der Waals surface area contributed by atoms with Crippen molar-refractivity contribution in [2.75, 3.05) is 6.61 Å². The zero-order valence-electron chi connectivity index (χ0n) is 9.04. The zero-order chi connectivity index (χ0) is 11.7. The molecule has 0 saturated carbocycles. The molecule has 0 unspecified atom stereocenters. The molecule has 86 valence electrons. The lowest BCUT2D eigenvalue weighted by molar-refractivity contribution is 0.271. The van der Waals surface area contributed by atoms with Gasteiger partial charge in [0.2, 0.25) is 0 Å². The summed E-state index contributed by atoms with van der Waals surface area (Å²) in [5.41, 5.74) is 2.88. The van der Waals surface area contributed by atoms with E-state index >= 15 is 0 Å². The van der Waals surface area contributed by atoms with Crippen LogP contribution in [0.5, 0.6) is 0 Å². The Labute approximate surface area is 96.9 Å². The summed E-state index contributed by atoms with van der Waals surface area (Å²) in [6, 6.07) is 0. The highest BCUT2D eigenvalue weighted by Crippen LogP contribution is 2.26. The van der Waals surface area contributed by atoms with Crippen molar-refractivity contribution in [1.82, 2.24) is 25.0 Å². The van der Waals surface area contributed by atoms with Gasteiger partial charge in [0.25, 0.3) is 0 Å². The third kappa shape index (κ3) is 1.58. The third-order valence-electron chi connectivity index (χ3n) is 2.69. The topological polar surface area (TPSA) is 79.6 Å². The molecule has 0 aliphatic rings. The Kier molecular flexibility index (Phi) is 2.34. The maximum absolute atomic E-state index is 8.95. The molecular weight excluding hydrogens is 218 g/mol. The summed E-state index contributed by atoms with van der Waals surface area (Å²) in [5, 5.41) is 20.9. The van der Waals surface area contributed by atoms with Gasteiger partial charge < -0.3 is 5.11 Å². The summed E-state index contributed by atoms with van der Waals surface area (Å²) < 4.78 is 1.74. The van der Waals surface area contributed by atoms with Gasteiger partial charge >= 0.3 is 0 Å². The zero-order valence-corrected chi connectivity index (χ0v) is 9.04. The number of hydrogen-bond acceptors (Lipinski definition) is 4. The number of fused-ring (bicyclic) bond motifs is 1. The van der Waals surface area contributed by atoms with E-state index in [0.29, 0.717) is 6.54 Å². The van der Waals surface area contributed by atoms with Crippen LogP contribution in [-0.2, 0) is 6.54 Å². The van der Waals surface area contributed by atoms with Crippen LogP contribution in [0.4, 0.5) is 0 Å². The molecule has 0 aliphatic heterocycles. The third-order valence-corrected chi connectivity index (χ3v) is 2.69. The highest BCUT2D eigenvalue weighted by molar-refractivity contribution is 5.93. The first-order valence-electron chi connectivity index (χ1n) is 5.29. The highest BCUT2D eigenvalue weighted by Gasteiger charge is 2.09. The van der Waals surface area contributed by atoms with E-state index in [9.17, 15) is 0 Å². The predicted octanol–water partition coefficient (Wildman–Crippen LogP) is 0.814. The maximum atomic E-state index is 8.95. The second-order valence-corrected chi connectivity index (χ2v) is 3.70. The largest absolute Gasteiger partial charge is 0.394 e. The Bertz CT molecular complexity index is 628. The Morgan fingerprint density at radius 2 is 2.18 bits per heavy atom. The van der Waals surface area contributed by atoms with Gasteiger partial charge in [-0.05, 0) is 0 Å². The highest BCUT2D eigenvalue weighted by atomic mass is 16.3. The van der Waals surface area contributed by atoms with Crippen molar-refractivity contribution in [3.05, 3.63) is 31.0 Å². The number of aliphatic hydroxyl groups excluding tert-OH is 1. The van der Waals surface area contributed by atoms with Gasteiger partial charge in [0, 0.05) is 28.9 Å². The van der Waals surface area contributed by atoms with Gasteiger partial charge in [0.15, 0.2) is 0 Å². The second kappa shape index (κ2) is 3.99. The molecule has 3 rings (SSSR count). The number of H-pyrrole nitrogens is 1. The number of rotatable bonds is 3. The summed E-state index contributed by atoms with van der Waals surface area (Å²) >= 11 is 0. The van der Waals surface area contributed by atoms with Crippen LogP contribution in [-0.4, -0.2) is 36.7 Å². The molecule has 6 heteroatoms. The molecule has 0 aliphatic carbocycles. The summed E-state index contributed by atoms with van der Waals surface area (Å²) in [5.74, 6) is 0. The number of pyridine rings is 1. The molecule has 0 bridgehead atoms. The number of aliphatic hydroxyl groups is 1. The SMILES string of the molecule is OCCn1ncc2c(-c3cn[nH]c3)cncc21. The molecule has 3 heterocycles. The molecule has 17 heavy (non-hydrogen) atoms. The van der Waals surface area contributed by atoms with Crippen molar-refractivity contribution in [2.45, 2.75) is 6.54 Å². The number of aromatic nitrogens is 5. The molecule has 0 aromatic carbocycles. The first-order valence-corrected chi connectivity index (χ1v) is 5.29. The van der Waals surface area contributed by atoms with Crippen LogP contribution in [0, 0.1) is 0 Å². The summed E-state index contributed by atoms with van der Waals surface area (Å²) in [6.07, 6.45) is 8.90. The minimum atomic E-state index is 0.0622. The van der Waals surface area contributed by atoms with Gasteiger partial charge in [0.05, 0.1) is 37.3 Å². The minimum Gasteiger partial charge on any atom is -0.394 e. The molecule has 3 aromatic rings. The molecule has 3 aromatic heterocycles. The standard InChI is InChI=1S/C11H11N5O/c17-2-1-16-11-7-12-5-9(10(11)6-15-16)8-3-13-14-4-8/h3-7,17H,1-2H2,(H,13,14). The molecule has 2 N–H and O–H groups in total. The van der Waals surface area contributed by atoms with E-state index < -0.39 is 0 Å². The maximum Gasteiger partial charge on any atom is 0.0872 e. The first-order chi connectivity index (χ1) is 8.40. The quantitative estimate of drug-likeness (QED) is 0.696. The number of aromatic amines is 1. The Hall–Kier alpha value is -2.21. The van der Waals surface area contributed by atoms with Gasteiger partial charge in [-0.25, -0.2) is 0 Å². The van der Waals surface area contributed by atoms with Crippen molar-refractivity contribution in [2.24, 2.45) is 0 Å². The lowest BCUT2D eigenvalue weighted by atomic mass is 10.1. The molecule has 0 fully saturated rings. The minimum absolute atomic E-state index is 0.0622. The van der Waals surface area contributed by atoms with Crippen molar-refractivity contribution in [1.29, 1.82) is 0 Å². The fraction of sp³-hybridized carbons (Fsp3) is 0.182. The van der Waals surface area contributed by atoms with E-state index in [1.165, 1.54) is 0 Å². The van der Waals surface area contributed by atoms with E-state index in [-0.39, 0.29) is 6.61 Å². The van der Waals surface area contributed by atoms with E-state index in [1.807, 2.05) is 6.20 Å². The molecule has 6 nitrogen and oxygen atoms in total. The second-order valence-electron chi connectivity index (χ2n) is 3.70. The van der Waals surface area contributed by atoms with Gasteiger partial charge in [-0.2, -0.15) is 10.2 Å². The van der Waals surface area contributed by atoms with Crippen LogP contribution in [0.3, 0.4) is 0 Å². The van der Waals surface area contributed by atoms with Gasteiger partial charge in [-0.1, -0.05) is 0 Å². The van der Waals surface area contributed by atoms with Crippen molar-refractivity contribution < 1.29 is 5.11 Å². The molecule has 0 amide bonds. The number of hydrogen-bond donors (Lipinski definition) is 2. The Morgan fingerprint density at radius 3 is 2.94 bits per heavy atom. The fourth-order valence-corrected chi connectivity index (χ4v) is 1.89. The lowest BCUT2D eigenvalue weighted by Crippen LogP contribution is -2.03. The van der Waals surface area contributed by atoms with Crippen molar-refractivity contribution in [3.63, 3.8) is 0 Å². The van der Waals surface area contributed by atoms with Crippen molar-refractivity contribution in [3.8, 4) is 11.1 Å². The summed E-state index contributed by atoms with van der Waals surface area (Å²) in [7, 11) is 0. The number of nitrogens with one attached hydrogen (secondary N) is 1. The normalized spacial score (nSPS) is 11.1. The van der Waals surface area contributed by atoms with E-state index in [1.54, 1.807) is 29.5 Å². The molecular formula is C11H11N5O.